The fourth-order valence-corrected chi connectivity index (χ4v) is 4.66. The molecule has 0 aliphatic carbocycles. The van der Waals surface area contributed by atoms with E-state index in [9.17, 15) is 4.79 Å². The van der Waals surface area contributed by atoms with Crippen LogP contribution < -0.4 is 5.32 Å². The summed E-state index contributed by atoms with van der Waals surface area (Å²) >= 11 is 3.09. The number of nitrogens with zero attached hydrogens (tertiary/aromatic N) is 1. The van der Waals surface area contributed by atoms with E-state index >= 15 is 0 Å². The Balaban J connectivity index is 1.42. The summed E-state index contributed by atoms with van der Waals surface area (Å²) in [6, 6.07) is 13.9. The first-order valence-corrected chi connectivity index (χ1v) is 9.98. The number of thiophene rings is 1. The van der Waals surface area contributed by atoms with Gasteiger partial charge in [0.1, 0.15) is 0 Å². The quantitative estimate of drug-likeness (QED) is 0.711. The van der Waals surface area contributed by atoms with Crippen molar-refractivity contribution >= 4 is 28.6 Å². The summed E-state index contributed by atoms with van der Waals surface area (Å²) < 4.78 is 5.69. The summed E-state index contributed by atoms with van der Waals surface area (Å²) in [6.07, 6.45) is 2.30. The molecule has 0 bridgehead atoms. The summed E-state index contributed by atoms with van der Waals surface area (Å²) in [7, 11) is 0. The van der Waals surface area contributed by atoms with E-state index in [0.717, 1.165) is 45.3 Å². The highest BCUT2D eigenvalue weighted by molar-refractivity contribution is 7.14. The molecule has 3 aromatic rings. The van der Waals surface area contributed by atoms with E-state index in [4.69, 9.17) is 4.74 Å². The third-order valence-electron chi connectivity index (χ3n) is 4.20. The molecule has 25 heavy (non-hydrogen) atoms. The van der Waals surface area contributed by atoms with Crippen LogP contribution in [-0.2, 0) is 11.3 Å². The predicted octanol–water partition coefficient (Wildman–Crippen LogP) is 4.65. The lowest BCUT2D eigenvalue weighted by Crippen LogP contribution is -2.21. The standard InChI is InChI=1S/C19H18N2O2S2/c22-19(16-9-8-15(25-16)14-7-4-10-23-14)20-11-17-18(21-12-24-17)13-5-2-1-3-6-13/h1-3,5-6,8-9,12,14H,4,7,10-11H2,(H,20,22)/t14-/m0/s1. The van der Waals surface area contributed by atoms with Gasteiger partial charge in [-0.15, -0.1) is 22.7 Å². The van der Waals surface area contributed by atoms with Crippen LogP contribution in [0.4, 0.5) is 0 Å². The second kappa shape index (κ2) is 7.47. The van der Waals surface area contributed by atoms with E-state index in [1.807, 2.05) is 48.0 Å². The summed E-state index contributed by atoms with van der Waals surface area (Å²) in [4.78, 5) is 19.8. The Morgan fingerprint density at radius 1 is 1.24 bits per heavy atom. The fraction of sp³-hybridized carbons (Fsp3) is 0.263. The molecule has 1 aliphatic heterocycles. The average molecular weight is 370 g/mol. The Hall–Kier alpha value is -2.02. The molecular weight excluding hydrogens is 352 g/mol. The van der Waals surface area contributed by atoms with Crippen LogP contribution in [0.2, 0.25) is 0 Å². The number of benzene rings is 1. The Labute approximate surface area is 154 Å². The normalized spacial score (nSPS) is 16.9. The average Bonchev–Trinajstić information content (AvgIpc) is 3.41. The van der Waals surface area contributed by atoms with Gasteiger partial charge in [0.2, 0.25) is 0 Å². The molecule has 0 unspecified atom stereocenters. The lowest BCUT2D eigenvalue weighted by Gasteiger charge is -2.06. The zero-order chi connectivity index (χ0) is 17.1. The molecule has 0 spiro atoms. The lowest BCUT2D eigenvalue weighted by atomic mass is 10.1. The van der Waals surface area contributed by atoms with E-state index in [1.165, 1.54) is 11.3 Å². The maximum Gasteiger partial charge on any atom is 0.261 e. The van der Waals surface area contributed by atoms with Gasteiger partial charge in [-0.25, -0.2) is 4.98 Å². The van der Waals surface area contributed by atoms with E-state index in [0.29, 0.717) is 6.54 Å². The minimum atomic E-state index is -0.0401. The Kier molecular flexibility index (Phi) is 4.92. The largest absolute Gasteiger partial charge is 0.373 e. The SMILES string of the molecule is O=C(NCc1scnc1-c1ccccc1)c1ccc([C@@H]2CCCO2)s1. The highest BCUT2D eigenvalue weighted by Crippen LogP contribution is 2.33. The van der Waals surface area contributed by atoms with Crippen molar-refractivity contribution in [1.29, 1.82) is 0 Å². The second-order valence-electron chi connectivity index (χ2n) is 5.88. The molecule has 0 radical (unpaired) electrons. The molecule has 128 valence electrons. The number of thiazole rings is 1. The molecule has 1 N–H and O–H groups in total. The number of amides is 1. The van der Waals surface area contributed by atoms with Crippen LogP contribution >= 0.6 is 22.7 Å². The zero-order valence-electron chi connectivity index (χ0n) is 13.6. The minimum absolute atomic E-state index is 0.0401. The summed E-state index contributed by atoms with van der Waals surface area (Å²) in [6.45, 7) is 1.30. The number of ether oxygens (including phenoxy) is 1. The molecule has 3 heterocycles. The Bertz CT molecular complexity index is 851. The van der Waals surface area contributed by atoms with Gasteiger partial charge in [0.15, 0.2) is 0 Å². The molecular formula is C19H18N2O2S2. The Morgan fingerprint density at radius 3 is 2.92 bits per heavy atom. The highest BCUT2D eigenvalue weighted by atomic mass is 32.1. The number of carbonyl (C=O) groups is 1. The van der Waals surface area contributed by atoms with Gasteiger partial charge in [0, 0.05) is 17.0 Å². The number of carbonyl (C=O) groups excluding carboxylic acids is 1. The van der Waals surface area contributed by atoms with Gasteiger partial charge in [-0.3, -0.25) is 4.79 Å². The van der Waals surface area contributed by atoms with E-state index in [1.54, 1.807) is 11.3 Å². The van der Waals surface area contributed by atoms with Crippen molar-refractivity contribution in [2.75, 3.05) is 6.61 Å². The number of aromatic nitrogens is 1. The molecule has 0 saturated carbocycles. The predicted molar refractivity (Wildman–Crippen MR) is 101 cm³/mol. The summed E-state index contributed by atoms with van der Waals surface area (Å²) in [5.74, 6) is -0.0401. The topological polar surface area (TPSA) is 51.2 Å². The van der Waals surface area contributed by atoms with Crippen LogP contribution in [0, 0.1) is 0 Å². The highest BCUT2D eigenvalue weighted by Gasteiger charge is 2.21. The maximum atomic E-state index is 12.5. The fourth-order valence-electron chi connectivity index (χ4n) is 2.93. The van der Waals surface area contributed by atoms with Crippen molar-refractivity contribution in [2.24, 2.45) is 0 Å². The molecule has 1 saturated heterocycles. The van der Waals surface area contributed by atoms with Crippen molar-refractivity contribution in [3.8, 4) is 11.3 Å². The van der Waals surface area contributed by atoms with Gasteiger partial charge in [-0.05, 0) is 25.0 Å². The van der Waals surface area contributed by atoms with Gasteiger partial charge in [-0.2, -0.15) is 0 Å². The van der Waals surface area contributed by atoms with Gasteiger partial charge in [-0.1, -0.05) is 30.3 Å². The van der Waals surface area contributed by atoms with Gasteiger partial charge >= 0.3 is 0 Å². The molecule has 1 amide bonds. The molecule has 1 aromatic carbocycles. The molecule has 4 rings (SSSR count). The van der Waals surface area contributed by atoms with Gasteiger partial charge < -0.3 is 10.1 Å². The van der Waals surface area contributed by atoms with E-state index in [-0.39, 0.29) is 12.0 Å². The third kappa shape index (κ3) is 3.66. The number of hydrogen-bond acceptors (Lipinski definition) is 5. The van der Waals surface area contributed by atoms with Crippen LogP contribution in [0.5, 0.6) is 0 Å². The zero-order valence-corrected chi connectivity index (χ0v) is 15.2. The van der Waals surface area contributed by atoms with Crippen molar-refractivity contribution in [3.63, 3.8) is 0 Å². The minimum Gasteiger partial charge on any atom is -0.373 e. The number of nitrogens with one attached hydrogen (secondary N) is 1. The molecule has 6 heteroatoms. The van der Waals surface area contributed by atoms with Crippen molar-refractivity contribution < 1.29 is 9.53 Å². The molecule has 1 aliphatic rings. The van der Waals surface area contributed by atoms with E-state index < -0.39 is 0 Å². The van der Waals surface area contributed by atoms with Crippen LogP contribution in [0.15, 0.2) is 48.0 Å². The van der Waals surface area contributed by atoms with Gasteiger partial charge in [0.25, 0.3) is 5.91 Å². The molecule has 4 nitrogen and oxygen atoms in total. The summed E-state index contributed by atoms with van der Waals surface area (Å²) in [5.41, 5.74) is 3.84. The van der Waals surface area contributed by atoms with Crippen LogP contribution in [-0.4, -0.2) is 17.5 Å². The first-order valence-electron chi connectivity index (χ1n) is 8.28. The first-order chi connectivity index (χ1) is 12.3. The van der Waals surface area contributed by atoms with Gasteiger partial charge in [0.05, 0.1) is 33.6 Å². The first kappa shape index (κ1) is 16.4. The van der Waals surface area contributed by atoms with E-state index in [2.05, 4.69) is 10.3 Å². The number of rotatable bonds is 5. The lowest BCUT2D eigenvalue weighted by molar-refractivity contribution is 0.0955. The summed E-state index contributed by atoms with van der Waals surface area (Å²) in [5, 5.41) is 3.02. The van der Waals surface area contributed by atoms with Crippen molar-refractivity contribution in [2.45, 2.75) is 25.5 Å². The van der Waals surface area contributed by atoms with Crippen LogP contribution in [0.1, 0.15) is 38.4 Å². The molecule has 2 aromatic heterocycles. The molecule has 1 atom stereocenters. The second-order valence-corrected chi connectivity index (χ2v) is 7.93. The van der Waals surface area contributed by atoms with Crippen molar-refractivity contribution in [3.05, 3.63) is 62.6 Å². The number of hydrogen-bond donors (Lipinski definition) is 1. The Morgan fingerprint density at radius 2 is 2.12 bits per heavy atom. The third-order valence-corrected chi connectivity index (χ3v) is 6.20. The van der Waals surface area contributed by atoms with Crippen LogP contribution in [0.3, 0.4) is 0 Å². The maximum absolute atomic E-state index is 12.5. The monoisotopic (exact) mass is 370 g/mol. The van der Waals surface area contributed by atoms with Crippen molar-refractivity contribution in [1.82, 2.24) is 10.3 Å². The molecule has 1 fully saturated rings. The van der Waals surface area contributed by atoms with Crippen LogP contribution in [0.25, 0.3) is 11.3 Å². The smallest absolute Gasteiger partial charge is 0.261 e.